The van der Waals surface area contributed by atoms with Gasteiger partial charge in [0.25, 0.3) is 0 Å². The molecule has 1 saturated carbocycles. The molecule has 0 saturated heterocycles. The van der Waals surface area contributed by atoms with Gasteiger partial charge in [0.15, 0.2) is 9.84 Å². The van der Waals surface area contributed by atoms with Crippen molar-refractivity contribution >= 4 is 9.84 Å². The number of benzene rings is 1. The van der Waals surface area contributed by atoms with Gasteiger partial charge in [-0.3, -0.25) is 0 Å². The molecule has 1 aliphatic carbocycles. The van der Waals surface area contributed by atoms with Crippen molar-refractivity contribution in [1.82, 2.24) is 0 Å². The molecule has 1 fully saturated rings. The second-order valence-electron chi connectivity index (χ2n) is 5.76. The summed E-state index contributed by atoms with van der Waals surface area (Å²) in [6, 6.07) is 7.05. The molecule has 3 nitrogen and oxygen atoms in total. The van der Waals surface area contributed by atoms with Crippen molar-refractivity contribution in [2.45, 2.75) is 61.6 Å². The summed E-state index contributed by atoms with van der Waals surface area (Å²) in [7, 11) is -3.28. The lowest BCUT2D eigenvalue weighted by atomic mass is 9.96. The van der Waals surface area contributed by atoms with E-state index in [1.165, 1.54) is 0 Å². The lowest BCUT2D eigenvalue weighted by Gasteiger charge is -2.28. The molecule has 2 rings (SSSR count). The van der Waals surface area contributed by atoms with E-state index in [1.807, 2.05) is 12.1 Å². The zero-order chi connectivity index (χ0) is 14.0. The van der Waals surface area contributed by atoms with Crippen LogP contribution in [0.2, 0.25) is 0 Å². The highest BCUT2D eigenvalue weighted by Gasteiger charge is 2.34. The monoisotopic (exact) mass is 281 g/mol. The van der Waals surface area contributed by atoms with Crippen LogP contribution in [0.5, 0.6) is 0 Å². The van der Waals surface area contributed by atoms with Crippen LogP contribution in [0.4, 0.5) is 0 Å². The summed E-state index contributed by atoms with van der Waals surface area (Å²) in [6.07, 6.45) is 3.50. The van der Waals surface area contributed by atoms with E-state index >= 15 is 0 Å². The van der Waals surface area contributed by atoms with Crippen molar-refractivity contribution in [3.05, 3.63) is 29.8 Å². The quantitative estimate of drug-likeness (QED) is 0.926. The van der Waals surface area contributed by atoms with Gasteiger partial charge in [-0.25, -0.2) is 8.42 Å². The Hall–Kier alpha value is -0.870. The molecule has 0 radical (unpaired) electrons. The SMILES string of the molecule is CC(C)c1ccc(S(=O)(=O)C2CCCCC2N)cc1. The van der Waals surface area contributed by atoms with Crippen LogP contribution in [0.3, 0.4) is 0 Å². The zero-order valence-electron chi connectivity index (χ0n) is 11.7. The summed E-state index contributed by atoms with van der Waals surface area (Å²) >= 11 is 0. The first-order valence-electron chi connectivity index (χ1n) is 7.02. The molecule has 0 amide bonds. The van der Waals surface area contributed by atoms with E-state index in [1.54, 1.807) is 12.1 Å². The predicted molar refractivity (Wildman–Crippen MR) is 77.9 cm³/mol. The van der Waals surface area contributed by atoms with E-state index in [4.69, 9.17) is 5.73 Å². The van der Waals surface area contributed by atoms with Gasteiger partial charge in [0.1, 0.15) is 0 Å². The third-order valence-corrected chi connectivity index (χ3v) is 6.34. The van der Waals surface area contributed by atoms with Gasteiger partial charge in [0.2, 0.25) is 0 Å². The van der Waals surface area contributed by atoms with E-state index in [0.29, 0.717) is 17.2 Å². The Morgan fingerprint density at radius 2 is 1.68 bits per heavy atom. The van der Waals surface area contributed by atoms with Crippen LogP contribution in [0, 0.1) is 0 Å². The van der Waals surface area contributed by atoms with Crippen molar-refractivity contribution in [3.8, 4) is 0 Å². The molecular formula is C15H23NO2S. The number of nitrogens with two attached hydrogens (primary N) is 1. The highest BCUT2D eigenvalue weighted by molar-refractivity contribution is 7.92. The fourth-order valence-electron chi connectivity index (χ4n) is 2.73. The van der Waals surface area contributed by atoms with E-state index in [9.17, 15) is 8.42 Å². The van der Waals surface area contributed by atoms with Crippen molar-refractivity contribution in [1.29, 1.82) is 0 Å². The first kappa shape index (κ1) is 14.5. The van der Waals surface area contributed by atoms with Crippen LogP contribution in [0.15, 0.2) is 29.2 Å². The first-order valence-corrected chi connectivity index (χ1v) is 8.57. The number of rotatable bonds is 3. The number of sulfone groups is 1. The minimum absolute atomic E-state index is 0.219. The highest BCUT2D eigenvalue weighted by Crippen LogP contribution is 2.28. The summed E-state index contributed by atoms with van der Waals surface area (Å²) in [5.74, 6) is 0.411. The Labute approximate surface area is 116 Å². The molecular weight excluding hydrogens is 258 g/mol. The van der Waals surface area contributed by atoms with Crippen molar-refractivity contribution in [3.63, 3.8) is 0 Å². The highest BCUT2D eigenvalue weighted by atomic mass is 32.2. The van der Waals surface area contributed by atoms with E-state index in [-0.39, 0.29) is 6.04 Å². The van der Waals surface area contributed by atoms with Crippen molar-refractivity contribution in [2.24, 2.45) is 5.73 Å². The molecule has 0 aliphatic heterocycles. The fourth-order valence-corrected chi connectivity index (χ4v) is 4.67. The number of hydrogen-bond donors (Lipinski definition) is 1. The third-order valence-electron chi connectivity index (χ3n) is 4.03. The summed E-state index contributed by atoms with van der Waals surface area (Å²) in [5.41, 5.74) is 7.16. The normalized spacial score (nSPS) is 24.6. The maximum Gasteiger partial charge on any atom is 0.182 e. The maximum atomic E-state index is 12.6. The van der Waals surface area contributed by atoms with Gasteiger partial charge >= 0.3 is 0 Å². The third kappa shape index (κ3) is 3.00. The molecule has 1 aliphatic rings. The predicted octanol–water partition coefficient (Wildman–Crippen LogP) is 2.85. The van der Waals surface area contributed by atoms with Crippen LogP contribution in [0.25, 0.3) is 0 Å². The van der Waals surface area contributed by atoms with Crippen molar-refractivity contribution < 1.29 is 8.42 Å². The van der Waals surface area contributed by atoms with Crippen LogP contribution in [-0.2, 0) is 9.84 Å². The molecule has 0 aromatic heterocycles. The lowest BCUT2D eigenvalue weighted by molar-refractivity contribution is 0.432. The molecule has 2 N–H and O–H groups in total. The standard InChI is InChI=1S/C15H23NO2S/c1-11(2)12-7-9-13(10-8-12)19(17,18)15-6-4-3-5-14(15)16/h7-11,14-15H,3-6,16H2,1-2H3. The van der Waals surface area contributed by atoms with E-state index in [0.717, 1.165) is 24.8 Å². The summed E-state index contributed by atoms with van der Waals surface area (Å²) in [4.78, 5) is 0.416. The summed E-state index contributed by atoms with van der Waals surface area (Å²) in [6.45, 7) is 4.20. The average molecular weight is 281 g/mol. The van der Waals surface area contributed by atoms with Gasteiger partial charge < -0.3 is 5.73 Å². The molecule has 0 bridgehead atoms. The molecule has 4 heteroatoms. The Bertz CT molecular complexity index is 520. The van der Waals surface area contributed by atoms with Gasteiger partial charge in [-0.2, -0.15) is 0 Å². The Kier molecular flexibility index (Phi) is 4.31. The Morgan fingerprint density at radius 1 is 1.11 bits per heavy atom. The summed E-state index contributed by atoms with van der Waals surface area (Å²) in [5, 5.41) is -0.411. The maximum absolute atomic E-state index is 12.6. The Balaban J connectivity index is 2.28. The second kappa shape index (κ2) is 5.63. The van der Waals surface area contributed by atoms with Crippen LogP contribution in [-0.4, -0.2) is 19.7 Å². The van der Waals surface area contributed by atoms with Gasteiger partial charge in [-0.1, -0.05) is 38.8 Å². The molecule has 1 aromatic rings. The first-order chi connectivity index (χ1) is 8.93. The molecule has 1 aromatic carbocycles. The van der Waals surface area contributed by atoms with E-state index in [2.05, 4.69) is 13.8 Å². The molecule has 2 atom stereocenters. The van der Waals surface area contributed by atoms with E-state index < -0.39 is 15.1 Å². The largest absolute Gasteiger partial charge is 0.327 e. The second-order valence-corrected chi connectivity index (χ2v) is 7.92. The minimum atomic E-state index is -3.28. The van der Waals surface area contributed by atoms with Gasteiger partial charge in [-0.15, -0.1) is 0 Å². The Morgan fingerprint density at radius 3 is 2.21 bits per heavy atom. The minimum Gasteiger partial charge on any atom is -0.327 e. The van der Waals surface area contributed by atoms with Crippen LogP contribution >= 0.6 is 0 Å². The van der Waals surface area contributed by atoms with Gasteiger partial charge in [0.05, 0.1) is 10.1 Å². The lowest BCUT2D eigenvalue weighted by Crippen LogP contribution is -2.42. The molecule has 19 heavy (non-hydrogen) atoms. The molecule has 0 heterocycles. The topological polar surface area (TPSA) is 60.2 Å². The fraction of sp³-hybridized carbons (Fsp3) is 0.600. The molecule has 2 unspecified atom stereocenters. The summed E-state index contributed by atoms with van der Waals surface area (Å²) < 4.78 is 25.2. The zero-order valence-corrected chi connectivity index (χ0v) is 12.5. The van der Waals surface area contributed by atoms with Crippen LogP contribution in [0.1, 0.15) is 51.0 Å². The molecule has 0 spiro atoms. The average Bonchev–Trinajstić information content (AvgIpc) is 2.39. The number of hydrogen-bond acceptors (Lipinski definition) is 3. The van der Waals surface area contributed by atoms with Crippen LogP contribution < -0.4 is 5.73 Å². The van der Waals surface area contributed by atoms with Gasteiger partial charge in [-0.05, 0) is 36.5 Å². The molecule has 106 valence electrons. The smallest absolute Gasteiger partial charge is 0.182 e. The van der Waals surface area contributed by atoms with Gasteiger partial charge in [0, 0.05) is 6.04 Å². The van der Waals surface area contributed by atoms with Crippen molar-refractivity contribution in [2.75, 3.05) is 0 Å².